The van der Waals surface area contributed by atoms with Crippen molar-refractivity contribution in [3.8, 4) is 17.6 Å². The van der Waals surface area contributed by atoms with Crippen molar-refractivity contribution in [2.45, 2.75) is 6.42 Å². The van der Waals surface area contributed by atoms with E-state index < -0.39 is 0 Å². The Labute approximate surface area is 126 Å². The molecule has 1 aromatic carbocycles. The molecular weight excluding hydrogens is 288 g/mol. The maximum atomic E-state index is 11.9. The van der Waals surface area contributed by atoms with Crippen molar-refractivity contribution in [2.24, 2.45) is 0 Å². The number of ether oxygens (including phenoxy) is 1. The van der Waals surface area contributed by atoms with E-state index in [4.69, 9.17) is 9.84 Å². The van der Waals surface area contributed by atoms with Crippen LogP contribution in [0.5, 0.6) is 5.75 Å². The van der Waals surface area contributed by atoms with Crippen LogP contribution in [-0.2, 0) is 11.2 Å². The number of carbonyl (C=O) groups excluding carboxylic acids is 1. The van der Waals surface area contributed by atoms with Gasteiger partial charge in [0, 0.05) is 0 Å². The van der Waals surface area contributed by atoms with Crippen LogP contribution in [0.1, 0.15) is 10.4 Å². The maximum absolute atomic E-state index is 11.9. The van der Waals surface area contributed by atoms with Crippen LogP contribution in [0.25, 0.3) is 0 Å². The first-order valence-electron chi connectivity index (χ1n) is 6.19. The molecule has 1 amide bonds. The summed E-state index contributed by atoms with van der Waals surface area (Å²) in [5.41, 5.74) is 0.894. The number of hydrogen-bond acceptors (Lipinski definition) is 5. The number of methoxy groups -OCH3 is 1. The molecule has 2 aromatic rings. The van der Waals surface area contributed by atoms with Crippen molar-refractivity contribution in [3.05, 3.63) is 40.9 Å². The van der Waals surface area contributed by atoms with Gasteiger partial charge in [0.15, 0.2) is 5.13 Å². The van der Waals surface area contributed by atoms with E-state index >= 15 is 0 Å². The molecule has 2 rings (SSSR count). The van der Waals surface area contributed by atoms with Gasteiger partial charge in [-0.15, -0.1) is 0 Å². The Hall–Kier alpha value is -2.36. The van der Waals surface area contributed by atoms with Crippen molar-refractivity contribution in [3.63, 3.8) is 0 Å². The molecular formula is C15H14N2O3S. The number of carbonyl (C=O) groups is 1. The Morgan fingerprint density at radius 2 is 2.19 bits per heavy atom. The van der Waals surface area contributed by atoms with Gasteiger partial charge in [-0.2, -0.15) is 0 Å². The van der Waals surface area contributed by atoms with Gasteiger partial charge in [-0.1, -0.05) is 35.3 Å². The number of benzene rings is 1. The average Bonchev–Trinajstić information content (AvgIpc) is 2.93. The number of aliphatic hydroxyl groups excluding tert-OH is 1. The maximum Gasteiger partial charge on any atom is 0.230 e. The number of anilines is 1. The summed E-state index contributed by atoms with van der Waals surface area (Å²) in [6.07, 6.45) is 1.83. The zero-order valence-electron chi connectivity index (χ0n) is 11.4. The van der Waals surface area contributed by atoms with E-state index in [0.717, 1.165) is 11.3 Å². The monoisotopic (exact) mass is 302 g/mol. The molecule has 21 heavy (non-hydrogen) atoms. The summed E-state index contributed by atoms with van der Waals surface area (Å²) in [5.74, 6) is 5.89. The Kier molecular flexibility index (Phi) is 5.32. The highest BCUT2D eigenvalue weighted by Gasteiger charge is 2.07. The fourth-order valence-electron chi connectivity index (χ4n) is 1.61. The van der Waals surface area contributed by atoms with Crippen LogP contribution >= 0.6 is 11.3 Å². The summed E-state index contributed by atoms with van der Waals surface area (Å²) in [4.78, 5) is 16.7. The normalized spacial score (nSPS) is 9.62. The predicted molar refractivity (Wildman–Crippen MR) is 81.4 cm³/mol. The zero-order valence-corrected chi connectivity index (χ0v) is 12.2. The molecule has 0 fully saturated rings. The topological polar surface area (TPSA) is 71.5 Å². The van der Waals surface area contributed by atoms with Gasteiger partial charge in [-0.05, 0) is 17.7 Å². The minimum absolute atomic E-state index is 0.142. The molecule has 2 N–H and O–H groups in total. The van der Waals surface area contributed by atoms with E-state index in [9.17, 15) is 4.79 Å². The van der Waals surface area contributed by atoms with Gasteiger partial charge in [0.2, 0.25) is 5.91 Å². The number of amides is 1. The van der Waals surface area contributed by atoms with E-state index in [0.29, 0.717) is 10.0 Å². The fourth-order valence-corrected chi connectivity index (χ4v) is 2.32. The predicted octanol–water partition coefficient (Wildman–Crippen LogP) is 1.68. The highest BCUT2D eigenvalue weighted by molar-refractivity contribution is 7.16. The van der Waals surface area contributed by atoms with Gasteiger partial charge in [-0.3, -0.25) is 4.79 Å². The van der Waals surface area contributed by atoms with Crippen LogP contribution in [-0.4, -0.2) is 29.7 Å². The highest BCUT2D eigenvalue weighted by Crippen LogP contribution is 2.17. The molecule has 0 saturated heterocycles. The molecule has 0 aliphatic carbocycles. The third-order valence-electron chi connectivity index (χ3n) is 2.57. The third kappa shape index (κ3) is 4.60. The van der Waals surface area contributed by atoms with Gasteiger partial charge in [-0.25, -0.2) is 4.98 Å². The lowest BCUT2D eigenvalue weighted by molar-refractivity contribution is -0.115. The molecule has 5 nitrogen and oxygen atoms in total. The summed E-state index contributed by atoms with van der Waals surface area (Å²) in [7, 11) is 1.60. The summed E-state index contributed by atoms with van der Waals surface area (Å²) in [5, 5.41) is 11.8. The highest BCUT2D eigenvalue weighted by atomic mass is 32.1. The molecule has 0 saturated carbocycles. The fraction of sp³-hybridized carbons (Fsp3) is 0.200. The van der Waals surface area contributed by atoms with E-state index in [1.807, 2.05) is 24.3 Å². The summed E-state index contributed by atoms with van der Waals surface area (Å²) < 4.78 is 5.07. The first-order valence-corrected chi connectivity index (χ1v) is 7.01. The van der Waals surface area contributed by atoms with Crippen molar-refractivity contribution in [2.75, 3.05) is 19.0 Å². The molecule has 1 heterocycles. The van der Waals surface area contributed by atoms with Crippen LogP contribution in [0.4, 0.5) is 5.13 Å². The number of aliphatic hydroxyl groups is 1. The van der Waals surface area contributed by atoms with Crippen LogP contribution in [0.2, 0.25) is 0 Å². The number of thiazole rings is 1. The lowest BCUT2D eigenvalue weighted by atomic mass is 10.1. The molecule has 0 aliphatic rings. The molecule has 0 unspecified atom stereocenters. The average molecular weight is 302 g/mol. The molecule has 1 aromatic heterocycles. The lowest BCUT2D eigenvalue weighted by Gasteiger charge is -2.03. The number of rotatable bonds is 4. The molecule has 0 atom stereocenters. The minimum Gasteiger partial charge on any atom is -0.497 e. The SMILES string of the molecule is COc1ccc(CC(=O)Nc2ncc(C#CCO)s2)cc1. The third-order valence-corrected chi connectivity index (χ3v) is 3.39. The number of nitrogens with one attached hydrogen (secondary N) is 1. The number of nitrogens with zero attached hydrogens (tertiary/aromatic N) is 1. The summed E-state index contributed by atoms with van der Waals surface area (Å²) in [6, 6.07) is 7.32. The van der Waals surface area contributed by atoms with Crippen LogP contribution in [0.3, 0.4) is 0 Å². The van der Waals surface area contributed by atoms with Gasteiger partial charge in [0.1, 0.15) is 12.4 Å². The van der Waals surface area contributed by atoms with Gasteiger partial charge in [0.05, 0.1) is 24.6 Å². The van der Waals surface area contributed by atoms with E-state index in [1.165, 1.54) is 11.3 Å². The quantitative estimate of drug-likeness (QED) is 0.843. The largest absolute Gasteiger partial charge is 0.497 e. The summed E-state index contributed by atoms with van der Waals surface area (Å²) >= 11 is 1.27. The van der Waals surface area contributed by atoms with Crippen molar-refractivity contribution >= 4 is 22.4 Å². The second-order valence-electron chi connectivity index (χ2n) is 4.06. The van der Waals surface area contributed by atoms with Crippen molar-refractivity contribution in [1.82, 2.24) is 4.98 Å². The lowest BCUT2D eigenvalue weighted by Crippen LogP contribution is -2.14. The molecule has 0 bridgehead atoms. The summed E-state index contributed by atoms with van der Waals surface area (Å²) in [6.45, 7) is -0.197. The van der Waals surface area contributed by atoms with Crippen LogP contribution in [0.15, 0.2) is 30.5 Å². The second-order valence-corrected chi connectivity index (χ2v) is 5.09. The smallest absolute Gasteiger partial charge is 0.230 e. The first-order chi connectivity index (χ1) is 10.2. The van der Waals surface area contributed by atoms with Crippen LogP contribution < -0.4 is 10.1 Å². The van der Waals surface area contributed by atoms with Crippen LogP contribution in [0, 0.1) is 11.8 Å². The zero-order chi connectivity index (χ0) is 15.1. The number of hydrogen-bond donors (Lipinski definition) is 2. The van der Waals surface area contributed by atoms with Crippen molar-refractivity contribution < 1.29 is 14.6 Å². The second kappa shape index (κ2) is 7.43. The van der Waals surface area contributed by atoms with E-state index in [-0.39, 0.29) is 18.9 Å². The van der Waals surface area contributed by atoms with E-state index in [2.05, 4.69) is 22.1 Å². The van der Waals surface area contributed by atoms with Gasteiger partial charge in [0.25, 0.3) is 0 Å². The van der Waals surface area contributed by atoms with Gasteiger partial charge < -0.3 is 15.2 Å². The Bertz CT molecular complexity index is 668. The molecule has 0 radical (unpaired) electrons. The molecule has 0 spiro atoms. The van der Waals surface area contributed by atoms with E-state index in [1.54, 1.807) is 13.3 Å². The van der Waals surface area contributed by atoms with Crippen molar-refractivity contribution in [1.29, 1.82) is 0 Å². The molecule has 0 aliphatic heterocycles. The Morgan fingerprint density at radius 3 is 2.86 bits per heavy atom. The molecule has 108 valence electrons. The standard InChI is InChI=1S/C15H14N2O3S/c1-20-12-6-4-11(5-7-12)9-14(19)17-15-16-10-13(21-15)3-2-8-18/h4-7,10,18H,8-9H2,1H3,(H,16,17,19). The van der Waals surface area contributed by atoms with Gasteiger partial charge >= 0.3 is 0 Å². The molecule has 6 heteroatoms. The number of aromatic nitrogens is 1. The Balaban J connectivity index is 1.93. The minimum atomic E-state index is -0.197. The first kappa shape index (κ1) is 15.0. The Morgan fingerprint density at radius 1 is 1.43 bits per heavy atom.